The molecule has 1 aromatic rings. The van der Waals surface area contributed by atoms with Gasteiger partial charge in [-0.2, -0.15) is 0 Å². The van der Waals surface area contributed by atoms with Gasteiger partial charge in [0.05, 0.1) is 5.69 Å². The van der Waals surface area contributed by atoms with Crippen LogP contribution in [0.25, 0.3) is 0 Å². The van der Waals surface area contributed by atoms with Gasteiger partial charge in [0, 0.05) is 19.0 Å². The van der Waals surface area contributed by atoms with E-state index in [1.165, 1.54) is 11.3 Å². The van der Waals surface area contributed by atoms with Crippen molar-refractivity contribution in [2.24, 2.45) is 5.92 Å². The molecular formula is C11H15NO3S2. The fraction of sp³-hybridized carbons (Fsp3) is 0.636. The Balaban J connectivity index is 1.90. The van der Waals surface area contributed by atoms with Gasteiger partial charge in [-0.05, 0) is 25.7 Å². The van der Waals surface area contributed by atoms with Crippen LogP contribution in [0.5, 0.6) is 0 Å². The van der Waals surface area contributed by atoms with Gasteiger partial charge in [0.1, 0.15) is 4.88 Å². The van der Waals surface area contributed by atoms with E-state index in [0.717, 1.165) is 36.1 Å². The van der Waals surface area contributed by atoms with Crippen LogP contribution >= 0.6 is 23.1 Å². The molecule has 0 aliphatic carbocycles. The topological polar surface area (TPSA) is 59.4 Å². The fourth-order valence-electron chi connectivity index (χ4n) is 1.73. The number of thiazole rings is 1. The van der Waals surface area contributed by atoms with E-state index in [2.05, 4.69) is 4.98 Å². The summed E-state index contributed by atoms with van der Waals surface area (Å²) in [6.45, 7) is 3.45. The first-order valence-electron chi connectivity index (χ1n) is 5.58. The van der Waals surface area contributed by atoms with Gasteiger partial charge in [-0.1, -0.05) is 11.8 Å². The van der Waals surface area contributed by atoms with Crippen molar-refractivity contribution in [3.05, 3.63) is 10.6 Å². The highest BCUT2D eigenvalue weighted by molar-refractivity contribution is 8.01. The lowest BCUT2D eigenvalue weighted by atomic mass is 10.0. The van der Waals surface area contributed by atoms with Crippen LogP contribution in [0.2, 0.25) is 0 Å². The molecule has 1 aliphatic rings. The van der Waals surface area contributed by atoms with E-state index in [-0.39, 0.29) is 0 Å². The third kappa shape index (κ3) is 3.43. The van der Waals surface area contributed by atoms with E-state index in [1.807, 2.05) is 0 Å². The van der Waals surface area contributed by atoms with Crippen molar-refractivity contribution >= 4 is 29.1 Å². The second-order valence-corrected chi connectivity index (χ2v) is 6.33. The summed E-state index contributed by atoms with van der Waals surface area (Å²) in [6.07, 6.45) is 2.20. The monoisotopic (exact) mass is 273 g/mol. The zero-order valence-electron chi connectivity index (χ0n) is 9.64. The van der Waals surface area contributed by atoms with E-state index in [0.29, 0.717) is 16.5 Å². The second kappa shape index (κ2) is 5.84. The Hall–Kier alpha value is -0.590. The SMILES string of the molecule is Cc1nc(SCC2CCOCC2)sc1C(=O)O. The summed E-state index contributed by atoms with van der Waals surface area (Å²) in [5.74, 6) is 0.805. The summed E-state index contributed by atoms with van der Waals surface area (Å²) in [5.41, 5.74) is 0.622. The van der Waals surface area contributed by atoms with Crippen LogP contribution in [0.1, 0.15) is 28.2 Å². The van der Waals surface area contributed by atoms with Crippen LogP contribution in [0.3, 0.4) is 0 Å². The van der Waals surface area contributed by atoms with Crippen molar-refractivity contribution in [1.82, 2.24) is 4.98 Å². The van der Waals surface area contributed by atoms with Crippen LogP contribution in [0.15, 0.2) is 4.34 Å². The van der Waals surface area contributed by atoms with Crippen LogP contribution < -0.4 is 0 Å². The molecule has 0 aromatic carbocycles. The number of aromatic carboxylic acids is 1. The van der Waals surface area contributed by atoms with E-state index >= 15 is 0 Å². The number of carbonyl (C=O) groups is 1. The molecule has 4 nitrogen and oxygen atoms in total. The minimum absolute atomic E-state index is 0.361. The number of rotatable bonds is 4. The first-order chi connectivity index (χ1) is 8.16. The van der Waals surface area contributed by atoms with Gasteiger partial charge < -0.3 is 9.84 Å². The van der Waals surface area contributed by atoms with Gasteiger partial charge in [0.2, 0.25) is 0 Å². The molecule has 2 heterocycles. The van der Waals surface area contributed by atoms with E-state index < -0.39 is 5.97 Å². The lowest BCUT2D eigenvalue weighted by Crippen LogP contribution is -2.17. The van der Waals surface area contributed by atoms with Crippen LogP contribution in [-0.4, -0.2) is 35.0 Å². The predicted molar refractivity (Wildman–Crippen MR) is 68.1 cm³/mol. The molecule has 0 atom stereocenters. The Bertz CT molecular complexity index is 399. The van der Waals surface area contributed by atoms with Crippen molar-refractivity contribution in [3.63, 3.8) is 0 Å². The largest absolute Gasteiger partial charge is 0.477 e. The minimum atomic E-state index is -0.877. The van der Waals surface area contributed by atoms with Crippen molar-refractivity contribution in [2.45, 2.75) is 24.1 Å². The zero-order chi connectivity index (χ0) is 12.3. The first kappa shape index (κ1) is 12.9. The molecule has 1 N–H and O–H groups in total. The highest BCUT2D eigenvalue weighted by Gasteiger charge is 2.17. The highest BCUT2D eigenvalue weighted by Crippen LogP contribution is 2.30. The van der Waals surface area contributed by atoms with E-state index in [4.69, 9.17) is 9.84 Å². The lowest BCUT2D eigenvalue weighted by molar-refractivity contribution is 0.0700. The van der Waals surface area contributed by atoms with E-state index in [1.54, 1.807) is 18.7 Å². The maximum Gasteiger partial charge on any atom is 0.347 e. The minimum Gasteiger partial charge on any atom is -0.477 e. The summed E-state index contributed by atoms with van der Waals surface area (Å²) >= 11 is 2.95. The Morgan fingerprint density at radius 1 is 1.59 bits per heavy atom. The van der Waals surface area contributed by atoms with Crippen molar-refractivity contribution < 1.29 is 14.6 Å². The number of aromatic nitrogens is 1. The Labute approximate surface area is 108 Å². The first-order valence-corrected chi connectivity index (χ1v) is 7.38. The molecule has 2 rings (SSSR count). The molecule has 1 aromatic heterocycles. The smallest absolute Gasteiger partial charge is 0.347 e. The van der Waals surface area contributed by atoms with Gasteiger partial charge in [-0.15, -0.1) is 11.3 Å². The molecule has 1 saturated heterocycles. The number of aryl methyl sites for hydroxylation is 1. The Morgan fingerprint density at radius 2 is 2.29 bits per heavy atom. The average molecular weight is 273 g/mol. The Morgan fingerprint density at radius 3 is 2.88 bits per heavy atom. The lowest BCUT2D eigenvalue weighted by Gasteiger charge is -2.20. The number of hydrogen-bond acceptors (Lipinski definition) is 5. The Kier molecular flexibility index (Phi) is 4.42. The van der Waals surface area contributed by atoms with Gasteiger partial charge in [-0.3, -0.25) is 0 Å². The van der Waals surface area contributed by atoms with Crippen molar-refractivity contribution in [1.29, 1.82) is 0 Å². The summed E-state index contributed by atoms with van der Waals surface area (Å²) in [5, 5.41) is 8.94. The quantitative estimate of drug-likeness (QED) is 0.855. The van der Waals surface area contributed by atoms with Gasteiger partial charge in [-0.25, -0.2) is 9.78 Å². The average Bonchev–Trinajstić information content (AvgIpc) is 2.69. The van der Waals surface area contributed by atoms with Crippen molar-refractivity contribution in [2.75, 3.05) is 19.0 Å². The van der Waals surface area contributed by atoms with Gasteiger partial charge >= 0.3 is 5.97 Å². The van der Waals surface area contributed by atoms with Crippen LogP contribution in [-0.2, 0) is 4.74 Å². The number of carboxylic acids is 1. The van der Waals surface area contributed by atoms with Crippen molar-refractivity contribution in [3.8, 4) is 0 Å². The number of hydrogen-bond donors (Lipinski definition) is 1. The molecular weight excluding hydrogens is 258 g/mol. The second-order valence-electron chi connectivity index (χ2n) is 4.07. The molecule has 6 heteroatoms. The maximum atomic E-state index is 10.9. The van der Waals surface area contributed by atoms with Crippen LogP contribution in [0, 0.1) is 12.8 Å². The van der Waals surface area contributed by atoms with Gasteiger partial charge in [0.25, 0.3) is 0 Å². The molecule has 94 valence electrons. The van der Waals surface area contributed by atoms with Crippen LogP contribution in [0.4, 0.5) is 0 Å². The molecule has 0 unspecified atom stereocenters. The molecule has 1 fully saturated rings. The summed E-state index contributed by atoms with van der Waals surface area (Å²) < 4.78 is 6.17. The zero-order valence-corrected chi connectivity index (χ0v) is 11.3. The fourth-order valence-corrected chi connectivity index (χ4v) is 3.97. The molecule has 0 amide bonds. The molecule has 0 bridgehead atoms. The molecule has 0 radical (unpaired) electrons. The third-order valence-electron chi connectivity index (χ3n) is 2.75. The van der Waals surface area contributed by atoms with Gasteiger partial charge in [0.15, 0.2) is 4.34 Å². The number of nitrogens with zero attached hydrogens (tertiary/aromatic N) is 1. The summed E-state index contributed by atoms with van der Waals surface area (Å²) in [4.78, 5) is 15.5. The highest BCUT2D eigenvalue weighted by atomic mass is 32.2. The summed E-state index contributed by atoms with van der Waals surface area (Å²) in [7, 11) is 0. The number of carboxylic acid groups (broad SMARTS) is 1. The summed E-state index contributed by atoms with van der Waals surface area (Å²) in [6, 6.07) is 0. The molecule has 17 heavy (non-hydrogen) atoms. The molecule has 1 aliphatic heterocycles. The maximum absolute atomic E-state index is 10.9. The van der Waals surface area contributed by atoms with E-state index in [9.17, 15) is 4.79 Å². The molecule has 0 saturated carbocycles. The number of ether oxygens (including phenoxy) is 1. The predicted octanol–water partition coefficient (Wildman–Crippen LogP) is 2.67. The standard InChI is InChI=1S/C11H15NO3S2/c1-7-9(10(13)14)17-11(12-7)16-6-8-2-4-15-5-3-8/h8H,2-6H2,1H3,(H,13,14). The normalized spacial score (nSPS) is 17.2. The number of thioether (sulfide) groups is 1. The molecule has 0 spiro atoms. The third-order valence-corrected chi connectivity index (χ3v) is 5.27.